The zero-order valence-electron chi connectivity index (χ0n) is 12.7. The summed E-state index contributed by atoms with van der Waals surface area (Å²) in [5.74, 6) is 0.792. The molecule has 1 N–H and O–H groups in total. The molecular formula is C15H32N2O. The third-order valence-electron chi connectivity index (χ3n) is 4.30. The van der Waals surface area contributed by atoms with E-state index in [9.17, 15) is 5.11 Å². The molecule has 0 aliphatic heterocycles. The van der Waals surface area contributed by atoms with E-state index in [0.29, 0.717) is 6.04 Å². The quantitative estimate of drug-likeness (QED) is 0.756. The van der Waals surface area contributed by atoms with E-state index >= 15 is 0 Å². The van der Waals surface area contributed by atoms with Gasteiger partial charge in [0.15, 0.2) is 0 Å². The molecule has 3 atom stereocenters. The van der Waals surface area contributed by atoms with Crippen LogP contribution in [0, 0.1) is 5.92 Å². The van der Waals surface area contributed by atoms with Crippen LogP contribution in [-0.4, -0.2) is 60.8 Å². The Bertz CT molecular complexity index is 221. The van der Waals surface area contributed by atoms with Gasteiger partial charge in [-0.1, -0.05) is 20.3 Å². The van der Waals surface area contributed by atoms with E-state index in [-0.39, 0.29) is 6.10 Å². The molecule has 0 radical (unpaired) electrons. The summed E-state index contributed by atoms with van der Waals surface area (Å²) in [5, 5.41) is 9.95. The van der Waals surface area contributed by atoms with Gasteiger partial charge in [0.25, 0.3) is 0 Å². The number of rotatable bonds is 7. The number of likely N-dealkylation sites (N-methyl/N-ethyl adjacent to an activating group) is 2. The molecule has 1 saturated carbocycles. The van der Waals surface area contributed by atoms with E-state index in [1.54, 1.807) is 0 Å². The summed E-state index contributed by atoms with van der Waals surface area (Å²) >= 11 is 0. The highest BCUT2D eigenvalue weighted by atomic mass is 16.3. The van der Waals surface area contributed by atoms with Crippen LogP contribution in [0.2, 0.25) is 0 Å². The molecule has 108 valence electrons. The van der Waals surface area contributed by atoms with Crippen molar-refractivity contribution >= 4 is 0 Å². The SMILES string of the molecule is CCCC1CCC(O)CC1N(CC)CCN(C)C. The molecular weight excluding hydrogens is 224 g/mol. The van der Waals surface area contributed by atoms with E-state index < -0.39 is 0 Å². The smallest absolute Gasteiger partial charge is 0.0555 e. The first-order valence-corrected chi connectivity index (χ1v) is 7.65. The summed E-state index contributed by atoms with van der Waals surface area (Å²) < 4.78 is 0. The molecule has 1 fully saturated rings. The van der Waals surface area contributed by atoms with E-state index in [1.807, 2.05) is 0 Å². The van der Waals surface area contributed by atoms with E-state index in [0.717, 1.165) is 38.4 Å². The average molecular weight is 256 g/mol. The maximum absolute atomic E-state index is 9.95. The molecule has 0 aromatic heterocycles. The van der Waals surface area contributed by atoms with Gasteiger partial charge in [0.05, 0.1) is 6.10 Å². The Morgan fingerprint density at radius 2 is 1.83 bits per heavy atom. The number of hydrogen-bond donors (Lipinski definition) is 1. The molecule has 0 aromatic rings. The van der Waals surface area contributed by atoms with Crippen molar-refractivity contribution in [1.29, 1.82) is 0 Å². The number of hydrogen-bond acceptors (Lipinski definition) is 3. The summed E-state index contributed by atoms with van der Waals surface area (Å²) in [5.41, 5.74) is 0. The molecule has 3 nitrogen and oxygen atoms in total. The maximum atomic E-state index is 9.95. The van der Waals surface area contributed by atoms with Crippen LogP contribution < -0.4 is 0 Å². The van der Waals surface area contributed by atoms with Crippen LogP contribution in [0.15, 0.2) is 0 Å². The molecule has 1 rings (SSSR count). The Balaban J connectivity index is 2.59. The van der Waals surface area contributed by atoms with Crippen molar-refractivity contribution < 1.29 is 5.11 Å². The number of nitrogens with zero attached hydrogens (tertiary/aromatic N) is 2. The molecule has 18 heavy (non-hydrogen) atoms. The van der Waals surface area contributed by atoms with Crippen molar-refractivity contribution in [2.24, 2.45) is 5.92 Å². The van der Waals surface area contributed by atoms with Crippen LogP contribution in [-0.2, 0) is 0 Å². The maximum Gasteiger partial charge on any atom is 0.0555 e. The zero-order chi connectivity index (χ0) is 13.5. The molecule has 3 unspecified atom stereocenters. The average Bonchev–Trinajstić information content (AvgIpc) is 2.33. The molecule has 3 heteroatoms. The standard InChI is InChI=1S/C15H32N2O/c1-5-7-13-8-9-14(18)12-15(13)17(6-2)11-10-16(3)4/h13-15,18H,5-12H2,1-4H3. The summed E-state index contributed by atoms with van der Waals surface area (Å²) in [6.45, 7) is 7.86. The summed E-state index contributed by atoms with van der Waals surface area (Å²) in [4.78, 5) is 4.83. The Hall–Kier alpha value is -0.120. The normalized spacial score (nSPS) is 29.2. The molecule has 0 bridgehead atoms. The second kappa shape index (κ2) is 8.13. The van der Waals surface area contributed by atoms with Crippen molar-refractivity contribution in [3.63, 3.8) is 0 Å². The van der Waals surface area contributed by atoms with E-state index in [1.165, 1.54) is 19.3 Å². The van der Waals surface area contributed by atoms with Gasteiger partial charge in [0.1, 0.15) is 0 Å². The Morgan fingerprint density at radius 1 is 1.11 bits per heavy atom. The lowest BCUT2D eigenvalue weighted by atomic mass is 9.79. The first-order valence-electron chi connectivity index (χ1n) is 7.65. The fourth-order valence-corrected chi connectivity index (χ4v) is 3.23. The van der Waals surface area contributed by atoms with Gasteiger partial charge in [-0.25, -0.2) is 0 Å². The zero-order valence-corrected chi connectivity index (χ0v) is 12.7. The molecule has 1 aliphatic rings. The highest BCUT2D eigenvalue weighted by Crippen LogP contribution is 2.31. The lowest BCUT2D eigenvalue weighted by Gasteiger charge is -2.41. The highest BCUT2D eigenvalue weighted by Gasteiger charge is 2.32. The number of aliphatic hydroxyl groups excluding tert-OH is 1. The van der Waals surface area contributed by atoms with Gasteiger partial charge >= 0.3 is 0 Å². The van der Waals surface area contributed by atoms with Crippen molar-refractivity contribution in [2.75, 3.05) is 33.7 Å². The van der Waals surface area contributed by atoms with Crippen molar-refractivity contribution in [2.45, 2.75) is 58.1 Å². The molecule has 0 amide bonds. The van der Waals surface area contributed by atoms with E-state index in [4.69, 9.17) is 0 Å². The third kappa shape index (κ3) is 4.87. The predicted molar refractivity (Wildman–Crippen MR) is 77.8 cm³/mol. The van der Waals surface area contributed by atoms with Crippen molar-refractivity contribution in [3.8, 4) is 0 Å². The van der Waals surface area contributed by atoms with Crippen LogP contribution in [0.5, 0.6) is 0 Å². The molecule has 0 aromatic carbocycles. The van der Waals surface area contributed by atoms with Crippen molar-refractivity contribution in [1.82, 2.24) is 9.80 Å². The Kier molecular flexibility index (Phi) is 7.20. The second-order valence-corrected chi connectivity index (χ2v) is 6.01. The summed E-state index contributed by atoms with van der Waals surface area (Å²) in [7, 11) is 4.26. The second-order valence-electron chi connectivity index (χ2n) is 6.01. The highest BCUT2D eigenvalue weighted by molar-refractivity contribution is 4.86. The van der Waals surface area contributed by atoms with Gasteiger partial charge in [-0.05, 0) is 52.2 Å². The molecule has 0 heterocycles. The van der Waals surface area contributed by atoms with Gasteiger partial charge in [-0.15, -0.1) is 0 Å². The third-order valence-corrected chi connectivity index (χ3v) is 4.30. The first-order chi connectivity index (χ1) is 8.58. The summed E-state index contributed by atoms with van der Waals surface area (Å²) in [6, 6.07) is 0.596. The fraction of sp³-hybridized carbons (Fsp3) is 1.00. The minimum absolute atomic E-state index is 0.0727. The largest absolute Gasteiger partial charge is 0.393 e. The minimum Gasteiger partial charge on any atom is -0.393 e. The first kappa shape index (κ1) is 15.9. The molecule has 0 spiro atoms. The topological polar surface area (TPSA) is 26.7 Å². The summed E-state index contributed by atoms with van der Waals surface area (Å²) in [6.07, 6.45) is 5.70. The monoisotopic (exact) mass is 256 g/mol. The van der Waals surface area contributed by atoms with Gasteiger partial charge in [-0.3, -0.25) is 4.90 Å². The lowest BCUT2D eigenvalue weighted by molar-refractivity contribution is 0.0236. The van der Waals surface area contributed by atoms with Crippen LogP contribution in [0.1, 0.15) is 46.0 Å². The molecule has 0 saturated heterocycles. The number of aliphatic hydroxyl groups is 1. The van der Waals surface area contributed by atoms with Crippen LogP contribution in [0.25, 0.3) is 0 Å². The van der Waals surface area contributed by atoms with Crippen LogP contribution >= 0.6 is 0 Å². The van der Waals surface area contributed by atoms with Crippen LogP contribution in [0.4, 0.5) is 0 Å². The van der Waals surface area contributed by atoms with Gasteiger partial charge in [-0.2, -0.15) is 0 Å². The lowest BCUT2D eigenvalue weighted by Crippen LogP contribution is -2.47. The predicted octanol–water partition coefficient (Wildman–Crippen LogP) is 2.20. The Labute approximate surface area is 113 Å². The molecule has 1 aliphatic carbocycles. The van der Waals surface area contributed by atoms with Gasteiger partial charge in [0.2, 0.25) is 0 Å². The van der Waals surface area contributed by atoms with Gasteiger partial charge in [0, 0.05) is 19.1 Å². The van der Waals surface area contributed by atoms with Crippen LogP contribution in [0.3, 0.4) is 0 Å². The van der Waals surface area contributed by atoms with E-state index in [2.05, 4.69) is 37.7 Å². The van der Waals surface area contributed by atoms with Gasteiger partial charge < -0.3 is 10.0 Å². The van der Waals surface area contributed by atoms with Crippen molar-refractivity contribution in [3.05, 3.63) is 0 Å². The Morgan fingerprint density at radius 3 is 2.39 bits per heavy atom. The minimum atomic E-state index is -0.0727. The fourth-order valence-electron chi connectivity index (χ4n) is 3.23.